The fraction of sp³-hybridized carbons (Fsp3) is 0.564. The third-order valence-electron chi connectivity index (χ3n) is 10.4. The molecule has 3 aliphatic rings. The van der Waals surface area contributed by atoms with E-state index in [1.807, 2.05) is 22.6 Å². The van der Waals surface area contributed by atoms with Crippen LogP contribution in [0.2, 0.25) is 0 Å². The Balaban J connectivity index is 1.19. The zero-order valence-electron chi connectivity index (χ0n) is 31.5. The van der Waals surface area contributed by atoms with Gasteiger partial charge in [0, 0.05) is 29.7 Å². The number of alkyl carbamates (subject to hydrolysis) is 1. The van der Waals surface area contributed by atoms with Gasteiger partial charge in [-0.1, -0.05) is 26.0 Å². The summed E-state index contributed by atoms with van der Waals surface area (Å²) in [4.78, 5) is 44.1. The zero-order chi connectivity index (χ0) is 37.2. The number of rotatable bonds is 12. The molecule has 3 heterocycles. The number of carbonyl (C=O) groups is 3. The van der Waals surface area contributed by atoms with Crippen LogP contribution in [0, 0.1) is 11.8 Å². The van der Waals surface area contributed by atoms with Crippen LogP contribution in [0.15, 0.2) is 47.6 Å². The van der Waals surface area contributed by atoms with Gasteiger partial charge in [0.1, 0.15) is 31.0 Å². The monoisotopic (exact) mass is 731 g/mol. The number of nitrogens with zero attached hydrogens (tertiary/aromatic N) is 5. The number of aryl methyl sites for hydroxylation is 1. The number of hydrogen-bond donors (Lipinski definition) is 2. The first-order chi connectivity index (χ1) is 24.8. The molecule has 2 fully saturated rings. The van der Waals surface area contributed by atoms with Gasteiger partial charge in [-0.05, 0) is 112 Å². The number of ether oxygens (including phenoxy) is 2. The van der Waals surface area contributed by atoms with Crippen molar-refractivity contribution in [3.8, 4) is 0 Å². The van der Waals surface area contributed by atoms with Crippen molar-refractivity contribution in [1.82, 2.24) is 30.3 Å². The number of fused-ring (bicyclic) bond motifs is 1. The summed E-state index contributed by atoms with van der Waals surface area (Å²) in [5, 5.41) is 13.9. The van der Waals surface area contributed by atoms with Crippen LogP contribution in [0.25, 0.3) is 0 Å². The van der Waals surface area contributed by atoms with Gasteiger partial charge < -0.3 is 29.6 Å². The summed E-state index contributed by atoms with van der Waals surface area (Å²) < 4.78 is 13.3. The van der Waals surface area contributed by atoms with Crippen LogP contribution in [0.3, 0.4) is 0 Å². The normalized spacial score (nSPS) is 22.4. The Morgan fingerprint density at radius 1 is 1.12 bits per heavy atom. The lowest BCUT2D eigenvalue weighted by atomic mass is 9.58. The highest BCUT2D eigenvalue weighted by atomic mass is 32.2. The molecule has 1 unspecified atom stereocenters. The molecular formula is C39H53N7O5S. The third-order valence-corrected chi connectivity index (χ3v) is 11.2. The first-order valence-corrected chi connectivity index (χ1v) is 19.5. The Morgan fingerprint density at radius 2 is 1.90 bits per heavy atom. The molecule has 2 N–H and O–H groups in total. The van der Waals surface area contributed by atoms with Gasteiger partial charge in [-0.2, -0.15) is 0 Å². The van der Waals surface area contributed by atoms with Crippen molar-refractivity contribution in [3.63, 3.8) is 0 Å². The Labute approximate surface area is 311 Å². The molecule has 2 aromatic carbocycles. The van der Waals surface area contributed by atoms with Crippen molar-refractivity contribution in [2.45, 2.75) is 88.8 Å². The highest BCUT2D eigenvalue weighted by Gasteiger charge is 2.48. The van der Waals surface area contributed by atoms with E-state index in [0.29, 0.717) is 25.0 Å². The van der Waals surface area contributed by atoms with E-state index in [1.165, 1.54) is 6.42 Å². The summed E-state index contributed by atoms with van der Waals surface area (Å²) in [5.74, 6) is 1.70. The molecule has 1 saturated heterocycles. The standard InChI is InChI=1S/C39H53N7O5S/c1-25-10-9-13-45(20-25)32(22-50-24-41-34(47)19-40-37(49)51-38(3,4)5)27-14-30-31(33(15-27)52-7)21-46(35(30)48)29-12-8-11-28(16-29)39(17-26(2)18-39)36-43-42-23-44(36)6/h8,11-12,14-16,23,25-26,32H,9-10,13,17-22,24H2,1-7H3,(H,40,49)(H,41,47)/t25-,26?,32?,39?/m0/s1. The van der Waals surface area contributed by atoms with Gasteiger partial charge in [-0.15, -0.1) is 22.0 Å². The summed E-state index contributed by atoms with van der Waals surface area (Å²) in [7, 11) is 2.00. The largest absolute Gasteiger partial charge is 0.444 e. The predicted molar refractivity (Wildman–Crippen MR) is 201 cm³/mol. The maximum atomic E-state index is 14.3. The lowest BCUT2D eigenvalue weighted by Gasteiger charge is -2.46. The van der Waals surface area contributed by atoms with E-state index in [0.717, 1.165) is 71.0 Å². The van der Waals surface area contributed by atoms with Crippen molar-refractivity contribution in [2.75, 3.05) is 44.1 Å². The number of aromatic nitrogens is 3. The molecule has 3 aromatic rings. The average Bonchev–Trinajstić information content (AvgIpc) is 3.67. The fourth-order valence-electron chi connectivity index (χ4n) is 8.10. The van der Waals surface area contributed by atoms with Gasteiger partial charge in [0.2, 0.25) is 5.91 Å². The number of hydrogen-bond acceptors (Lipinski definition) is 9. The van der Waals surface area contributed by atoms with Crippen LogP contribution in [0.4, 0.5) is 10.5 Å². The summed E-state index contributed by atoms with van der Waals surface area (Å²) in [6.45, 7) is 12.3. The second-order valence-corrected chi connectivity index (χ2v) is 16.6. The smallest absolute Gasteiger partial charge is 0.408 e. The summed E-state index contributed by atoms with van der Waals surface area (Å²) in [6.07, 6.45) is 7.41. The van der Waals surface area contributed by atoms with Crippen LogP contribution >= 0.6 is 11.8 Å². The Kier molecular flexibility index (Phi) is 11.3. The molecular weight excluding hydrogens is 679 g/mol. The van der Waals surface area contributed by atoms with Crippen LogP contribution in [-0.2, 0) is 33.3 Å². The highest BCUT2D eigenvalue weighted by Crippen LogP contribution is 2.52. The minimum absolute atomic E-state index is 0.00424. The number of amides is 3. The van der Waals surface area contributed by atoms with E-state index in [1.54, 1.807) is 38.9 Å². The third kappa shape index (κ3) is 8.16. The highest BCUT2D eigenvalue weighted by molar-refractivity contribution is 7.98. The molecule has 2 atom stereocenters. The van der Waals surface area contributed by atoms with Crippen molar-refractivity contribution in [1.29, 1.82) is 0 Å². The number of benzene rings is 2. The number of anilines is 1. The van der Waals surface area contributed by atoms with E-state index in [-0.39, 0.29) is 36.5 Å². The molecule has 1 saturated carbocycles. The second-order valence-electron chi connectivity index (χ2n) is 15.8. The minimum atomic E-state index is -0.650. The van der Waals surface area contributed by atoms with Gasteiger partial charge in [-0.25, -0.2) is 4.79 Å². The maximum Gasteiger partial charge on any atom is 0.408 e. The van der Waals surface area contributed by atoms with Crippen molar-refractivity contribution < 1.29 is 23.9 Å². The van der Waals surface area contributed by atoms with Crippen molar-refractivity contribution >= 4 is 35.4 Å². The first-order valence-electron chi connectivity index (χ1n) is 18.3. The zero-order valence-corrected chi connectivity index (χ0v) is 32.3. The maximum absolute atomic E-state index is 14.3. The molecule has 52 heavy (non-hydrogen) atoms. The molecule has 0 spiro atoms. The quantitative estimate of drug-likeness (QED) is 0.135. The number of piperidine rings is 1. The van der Waals surface area contributed by atoms with E-state index < -0.39 is 11.7 Å². The lowest BCUT2D eigenvalue weighted by molar-refractivity contribution is -0.122. The predicted octanol–water partition coefficient (Wildman–Crippen LogP) is 5.80. The Morgan fingerprint density at radius 3 is 2.58 bits per heavy atom. The number of nitrogens with one attached hydrogen (secondary N) is 2. The second kappa shape index (κ2) is 15.6. The average molecular weight is 732 g/mol. The molecule has 0 radical (unpaired) electrons. The molecule has 6 rings (SSSR count). The molecule has 2 aliphatic heterocycles. The van der Waals surface area contributed by atoms with Gasteiger partial charge in [-0.3, -0.25) is 14.5 Å². The van der Waals surface area contributed by atoms with Crippen molar-refractivity contribution in [2.24, 2.45) is 18.9 Å². The fourth-order valence-corrected chi connectivity index (χ4v) is 8.77. The van der Waals surface area contributed by atoms with Gasteiger partial charge in [0.05, 0.1) is 24.6 Å². The summed E-state index contributed by atoms with van der Waals surface area (Å²) in [5.41, 5.74) is 3.98. The summed E-state index contributed by atoms with van der Waals surface area (Å²) in [6, 6.07) is 12.6. The van der Waals surface area contributed by atoms with E-state index in [4.69, 9.17) is 9.47 Å². The molecule has 1 aromatic heterocycles. The van der Waals surface area contributed by atoms with Crippen LogP contribution in [-0.4, -0.2) is 82.4 Å². The number of thioether (sulfide) groups is 1. The summed E-state index contributed by atoms with van der Waals surface area (Å²) >= 11 is 1.66. The van der Waals surface area contributed by atoms with Gasteiger partial charge in [0.15, 0.2) is 0 Å². The van der Waals surface area contributed by atoms with Crippen LogP contribution in [0.1, 0.15) is 99.2 Å². The molecule has 280 valence electrons. The van der Waals surface area contributed by atoms with E-state index in [2.05, 4.69) is 76.2 Å². The van der Waals surface area contributed by atoms with E-state index in [9.17, 15) is 14.4 Å². The molecule has 0 bridgehead atoms. The topological polar surface area (TPSA) is 131 Å². The van der Waals surface area contributed by atoms with E-state index >= 15 is 0 Å². The number of carbonyl (C=O) groups excluding carboxylic acids is 3. The molecule has 12 nitrogen and oxygen atoms in total. The van der Waals surface area contributed by atoms with Gasteiger partial charge in [0.25, 0.3) is 5.91 Å². The number of likely N-dealkylation sites (tertiary alicyclic amines) is 1. The SMILES string of the molecule is CSc1cc(C(COCNC(=O)CNC(=O)OC(C)(C)C)N2CCC[C@H](C)C2)cc2c1CN(c1cccc(C3(c4nncn4C)CC(C)C3)c1)C2=O. The molecule has 1 aliphatic carbocycles. The molecule has 3 amide bonds. The Hall–Kier alpha value is -3.94. The van der Waals surface area contributed by atoms with Crippen molar-refractivity contribution in [3.05, 3.63) is 70.8 Å². The Bertz CT molecular complexity index is 1780. The minimum Gasteiger partial charge on any atom is -0.444 e. The lowest BCUT2D eigenvalue weighted by Crippen LogP contribution is -2.43. The van der Waals surface area contributed by atoms with Crippen LogP contribution < -0.4 is 15.5 Å². The van der Waals surface area contributed by atoms with Gasteiger partial charge >= 0.3 is 6.09 Å². The van der Waals surface area contributed by atoms with Crippen LogP contribution in [0.5, 0.6) is 0 Å². The first kappa shape index (κ1) is 37.8. The molecule has 13 heteroatoms.